The maximum absolute atomic E-state index is 13.5. The van der Waals surface area contributed by atoms with Gasteiger partial charge in [-0.15, -0.1) is 0 Å². The van der Waals surface area contributed by atoms with E-state index in [2.05, 4.69) is 17.6 Å². The summed E-state index contributed by atoms with van der Waals surface area (Å²) < 4.78 is 0. The van der Waals surface area contributed by atoms with Crippen LogP contribution in [0.2, 0.25) is 0 Å². The molecule has 2 aromatic rings. The molecule has 1 aliphatic rings. The Bertz CT molecular complexity index is 1140. The molecule has 0 saturated heterocycles. The molecule has 3 N–H and O–H groups in total. The van der Waals surface area contributed by atoms with Gasteiger partial charge in [0.1, 0.15) is 6.04 Å². The molecular weight excluding hydrogens is 515 g/mol. The second-order valence-corrected chi connectivity index (χ2v) is 11.8. The van der Waals surface area contributed by atoms with Crippen LogP contribution in [0.5, 0.6) is 0 Å². The Hall–Kier alpha value is -2.20. The molecule has 40 heavy (non-hydrogen) atoms. The number of aliphatic carboxylic acids is 1. The Morgan fingerprint density at radius 2 is 1.70 bits per heavy atom. The number of carboxylic acid groups (broad SMARTS) is 1. The fourth-order valence-electron chi connectivity index (χ4n) is 5.59. The van der Waals surface area contributed by atoms with Crippen LogP contribution in [0.4, 0.5) is 0 Å². The first-order valence-corrected chi connectivity index (χ1v) is 15.7. The number of carbonyl (C=O) groups excluding carboxylic acids is 2. The minimum atomic E-state index is -1.05. The molecule has 3 unspecified atom stereocenters. The van der Waals surface area contributed by atoms with E-state index in [1.54, 1.807) is 17.8 Å². The number of nitrogens with one attached hydrogen (secondary N) is 2. The van der Waals surface area contributed by atoms with Gasteiger partial charge in [0, 0.05) is 11.6 Å². The Labute approximate surface area is 256 Å². The van der Waals surface area contributed by atoms with Gasteiger partial charge in [-0.2, -0.15) is 11.8 Å². The number of carboxylic acids is 1. The maximum atomic E-state index is 13.5. The van der Waals surface area contributed by atoms with E-state index in [9.17, 15) is 19.5 Å². The van der Waals surface area contributed by atoms with Gasteiger partial charge < -0.3 is 15.7 Å². The molecule has 0 heterocycles. The summed E-state index contributed by atoms with van der Waals surface area (Å²) in [7, 11) is 0. The molecule has 0 spiro atoms. The number of carbonyl (C=O) groups is 3. The van der Waals surface area contributed by atoms with Crippen molar-refractivity contribution in [1.82, 2.24) is 10.6 Å². The van der Waals surface area contributed by atoms with E-state index in [1.165, 1.54) is 32.1 Å². The molecular formula is C32H44LiN2O4S+. The van der Waals surface area contributed by atoms with Gasteiger partial charge in [0.25, 0.3) is 5.91 Å². The largest absolute Gasteiger partial charge is 1.00 e. The van der Waals surface area contributed by atoms with Gasteiger partial charge >= 0.3 is 24.8 Å². The minimum Gasteiger partial charge on any atom is -0.480 e. The van der Waals surface area contributed by atoms with Crippen molar-refractivity contribution in [3.63, 3.8) is 0 Å². The second kappa shape index (κ2) is 16.9. The third kappa shape index (κ3) is 9.16. The molecule has 1 aliphatic carbocycles. The summed E-state index contributed by atoms with van der Waals surface area (Å²) in [4.78, 5) is 38.6. The molecule has 8 heteroatoms. The number of amides is 2. The van der Waals surface area contributed by atoms with Gasteiger partial charge in [0.2, 0.25) is 5.91 Å². The van der Waals surface area contributed by atoms with Crippen molar-refractivity contribution in [2.75, 3.05) is 12.0 Å². The summed E-state index contributed by atoms with van der Waals surface area (Å²) in [6.45, 7) is 6.07. The topological polar surface area (TPSA) is 95.5 Å². The second-order valence-electron chi connectivity index (χ2n) is 10.8. The summed E-state index contributed by atoms with van der Waals surface area (Å²) >= 11 is 1.54. The zero-order valence-corrected chi connectivity index (χ0v) is 25.6. The molecule has 2 aromatic carbocycles. The van der Waals surface area contributed by atoms with E-state index < -0.39 is 17.9 Å². The molecule has 1 fully saturated rings. The van der Waals surface area contributed by atoms with Crippen LogP contribution in [0.3, 0.4) is 0 Å². The molecule has 0 bridgehead atoms. The Balaban J connectivity index is 0.00000560. The third-order valence-electron chi connectivity index (χ3n) is 7.98. The van der Waals surface area contributed by atoms with E-state index in [4.69, 9.17) is 0 Å². The van der Waals surface area contributed by atoms with Gasteiger partial charge in [0.05, 0.1) is 5.92 Å². The van der Waals surface area contributed by atoms with E-state index in [-0.39, 0.29) is 36.7 Å². The zero-order chi connectivity index (χ0) is 28.4. The Kier molecular flexibility index (Phi) is 14.4. The van der Waals surface area contributed by atoms with E-state index in [0.29, 0.717) is 29.2 Å². The van der Waals surface area contributed by atoms with Crippen molar-refractivity contribution >= 4 is 29.5 Å². The van der Waals surface area contributed by atoms with Crippen molar-refractivity contribution < 1.29 is 38.4 Å². The average molecular weight is 560 g/mol. The quantitative estimate of drug-likeness (QED) is 0.326. The van der Waals surface area contributed by atoms with Crippen LogP contribution in [-0.2, 0) is 9.59 Å². The monoisotopic (exact) mass is 559 g/mol. The fraction of sp³-hybridized carbons (Fsp3) is 0.531. The molecule has 6 nitrogen and oxygen atoms in total. The predicted octanol–water partition coefficient (Wildman–Crippen LogP) is 3.57. The Morgan fingerprint density at radius 3 is 2.33 bits per heavy atom. The normalized spacial score (nSPS) is 15.8. The molecule has 212 valence electrons. The van der Waals surface area contributed by atoms with E-state index in [1.807, 2.05) is 56.5 Å². The smallest absolute Gasteiger partial charge is 0.480 e. The molecule has 0 radical (unpaired) electrons. The van der Waals surface area contributed by atoms with Crippen molar-refractivity contribution in [2.45, 2.75) is 90.1 Å². The summed E-state index contributed by atoms with van der Waals surface area (Å²) in [6.07, 6.45) is 10.4. The third-order valence-corrected chi connectivity index (χ3v) is 8.62. The van der Waals surface area contributed by atoms with Crippen LogP contribution in [0, 0.1) is 12.8 Å². The number of hydrogen-bond acceptors (Lipinski definition) is 4. The van der Waals surface area contributed by atoms with Gasteiger partial charge in [-0.1, -0.05) is 62.9 Å². The number of aryl methyl sites for hydroxylation is 1. The molecule has 3 rings (SSSR count). The van der Waals surface area contributed by atoms with Gasteiger partial charge in [-0.05, 0) is 91.8 Å². The molecule has 1 saturated carbocycles. The van der Waals surface area contributed by atoms with E-state index in [0.717, 1.165) is 29.5 Å². The van der Waals surface area contributed by atoms with Crippen LogP contribution < -0.4 is 29.5 Å². The minimum absolute atomic E-state index is 0. The first-order chi connectivity index (χ1) is 18.8. The van der Waals surface area contributed by atoms with Crippen molar-refractivity contribution in [3.05, 3.63) is 59.2 Å². The summed E-state index contributed by atoms with van der Waals surface area (Å²) in [5, 5.41) is 15.7. The van der Waals surface area contributed by atoms with Crippen LogP contribution >= 0.6 is 11.8 Å². The van der Waals surface area contributed by atoms with Gasteiger partial charge in [-0.3, -0.25) is 9.59 Å². The fourth-order valence-corrected chi connectivity index (χ4v) is 6.06. The number of hydrogen-bond donors (Lipinski definition) is 3. The number of rotatable bonds is 13. The molecule has 3 atom stereocenters. The maximum Gasteiger partial charge on any atom is 1.00 e. The van der Waals surface area contributed by atoms with Crippen LogP contribution in [0.15, 0.2) is 42.5 Å². The van der Waals surface area contributed by atoms with Crippen molar-refractivity contribution in [3.8, 4) is 11.1 Å². The zero-order valence-electron chi connectivity index (χ0n) is 24.8. The number of thioether (sulfide) groups is 1. The van der Waals surface area contributed by atoms with Crippen molar-refractivity contribution in [2.24, 2.45) is 5.92 Å². The molecule has 2 amide bonds. The van der Waals surface area contributed by atoms with Crippen molar-refractivity contribution in [1.29, 1.82) is 0 Å². The van der Waals surface area contributed by atoms with Gasteiger partial charge in [-0.25, -0.2) is 4.79 Å². The average Bonchev–Trinajstić information content (AvgIpc) is 2.94. The summed E-state index contributed by atoms with van der Waals surface area (Å²) in [5.41, 5.74) is 3.83. The number of benzene rings is 2. The van der Waals surface area contributed by atoms with Crippen LogP contribution in [0.25, 0.3) is 11.1 Å². The predicted molar refractivity (Wildman–Crippen MR) is 160 cm³/mol. The van der Waals surface area contributed by atoms with Crippen LogP contribution in [0.1, 0.15) is 92.6 Å². The molecule has 0 aromatic heterocycles. The SMILES string of the molecule is CCCC(NC(=O)C(C)c1ccc(C(=O)NC(CCSC)C(=O)O)c(-c2ccccc2C)c1)C1CCCCC1.[Li+]. The van der Waals surface area contributed by atoms with Gasteiger partial charge in [0.15, 0.2) is 0 Å². The summed E-state index contributed by atoms with van der Waals surface area (Å²) in [5.74, 6) is -0.678. The Morgan fingerprint density at radius 1 is 1.00 bits per heavy atom. The standard InChI is InChI=1S/C32H44N2O4S.Li/c1-5-11-28(23-13-7-6-8-14-23)33-30(35)22(3)24-16-17-26(27(20-24)25-15-10-9-12-21(25)2)31(36)34-29(32(37)38)18-19-39-4;/h9-10,12,15-17,20,22-23,28-29H,5-8,11,13-14,18-19H2,1-4H3,(H,33,35)(H,34,36)(H,37,38);/q;+1. The molecule has 0 aliphatic heterocycles. The first-order valence-electron chi connectivity index (χ1n) is 14.3. The van der Waals surface area contributed by atoms with E-state index >= 15 is 0 Å². The first kappa shape index (κ1) is 34.0. The summed E-state index contributed by atoms with van der Waals surface area (Å²) in [6, 6.07) is 12.5. The van der Waals surface area contributed by atoms with Crippen LogP contribution in [-0.4, -0.2) is 47.0 Å².